The van der Waals surface area contributed by atoms with E-state index in [9.17, 15) is 14.4 Å². The molecule has 3 rings (SSSR count). The maximum atomic E-state index is 13.1. The van der Waals surface area contributed by atoms with Gasteiger partial charge in [-0.15, -0.1) is 0 Å². The fourth-order valence-corrected chi connectivity index (χ4v) is 4.28. The van der Waals surface area contributed by atoms with Gasteiger partial charge in [0, 0.05) is 48.4 Å². The summed E-state index contributed by atoms with van der Waals surface area (Å²) in [6.45, 7) is 13.4. The average Bonchev–Trinajstić information content (AvgIpc) is 3.11. The van der Waals surface area contributed by atoms with Gasteiger partial charge in [0.1, 0.15) is 0 Å². The Hall–Kier alpha value is -3.03. The normalized spacial score (nSPS) is 12.1. The molecule has 1 aliphatic carbocycles. The van der Waals surface area contributed by atoms with Gasteiger partial charge in [0.25, 0.3) is 0 Å². The molecule has 0 spiro atoms. The summed E-state index contributed by atoms with van der Waals surface area (Å²) < 4.78 is 0. The van der Waals surface area contributed by atoms with Crippen molar-refractivity contribution in [2.45, 2.75) is 40.5 Å². The number of carbonyl (C=O) groups is 3. The number of hydrogen-bond donors (Lipinski definition) is 2. The molecule has 0 bridgehead atoms. The van der Waals surface area contributed by atoms with E-state index in [4.69, 9.17) is 0 Å². The molecule has 2 N–H and O–H groups in total. The number of amides is 2. The lowest BCUT2D eigenvalue weighted by Gasteiger charge is -2.17. The van der Waals surface area contributed by atoms with E-state index in [2.05, 4.69) is 48.1 Å². The van der Waals surface area contributed by atoms with E-state index in [0.29, 0.717) is 48.4 Å². The number of fused-ring (bicyclic) bond motifs is 3. The monoisotopic (exact) mass is 464 g/mol. The molecule has 2 amide bonds. The first-order valence-corrected chi connectivity index (χ1v) is 12.3. The lowest BCUT2D eigenvalue weighted by atomic mass is 10.0. The van der Waals surface area contributed by atoms with E-state index in [1.165, 1.54) is 0 Å². The first kappa shape index (κ1) is 25.6. The second-order valence-electron chi connectivity index (χ2n) is 8.50. The largest absolute Gasteiger partial charge is 0.326 e. The highest BCUT2D eigenvalue weighted by molar-refractivity contribution is 6.22. The maximum absolute atomic E-state index is 13.1. The highest BCUT2D eigenvalue weighted by Gasteiger charge is 2.27. The van der Waals surface area contributed by atoms with Gasteiger partial charge in [0.15, 0.2) is 5.78 Å². The summed E-state index contributed by atoms with van der Waals surface area (Å²) in [4.78, 5) is 42.2. The van der Waals surface area contributed by atoms with Gasteiger partial charge in [-0.25, -0.2) is 0 Å². The Labute approximate surface area is 202 Å². The maximum Gasteiger partial charge on any atom is 0.225 e. The number of hydrogen-bond acceptors (Lipinski definition) is 5. The van der Waals surface area contributed by atoms with E-state index in [-0.39, 0.29) is 17.6 Å². The Morgan fingerprint density at radius 2 is 1.03 bits per heavy atom. The number of anilines is 2. The standard InChI is InChI=1S/C27H36N4O3/c1-5-30(6-2)15-13-25(32)28-19-9-11-21-22-12-10-20(18-24(22)27(34)23(21)17-19)29-26(33)14-16-31(7-3)8-4/h9-12,17-18H,5-8,13-16H2,1-4H3,(H,28,32)(H,29,33). The number of rotatable bonds is 12. The minimum atomic E-state index is -0.0940. The predicted molar refractivity (Wildman–Crippen MR) is 137 cm³/mol. The zero-order valence-electron chi connectivity index (χ0n) is 20.7. The molecule has 1 aliphatic rings. The number of nitrogens with one attached hydrogen (secondary N) is 2. The number of ketones is 1. The van der Waals surface area contributed by atoms with E-state index in [0.717, 1.165) is 37.3 Å². The molecule has 2 aromatic rings. The summed E-state index contributed by atoms with van der Waals surface area (Å²) in [6, 6.07) is 10.9. The van der Waals surface area contributed by atoms with Crippen LogP contribution in [0.25, 0.3) is 11.1 Å². The van der Waals surface area contributed by atoms with Gasteiger partial charge < -0.3 is 20.4 Å². The van der Waals surface area contributed by atoms with Gasteiger partial charge in [-0.1, -0.05) is 39.8 Å². The third-order valence-electron chi connectivity index (χ3n) is 6.49. The summed E-state index contributed by atoms with van der Waals surface area (Å²) in [6.07, 6.45) is 0.814. The molecule has 0 heterocycles. The molecule has 7 nitrogen and oxygen atoms in total. The third-order valence-corrected chi connectivity index (χ3v) is 6.49. The quantitative estimate of drug-likeness (QED) is 0.419. The molecule has 2 aromatic carbocycles. The second kappa shape index (κ2) is 11.9. The van der Waals surface area contributed by atoms with Crippen LogP contribution in [0.4, 0.5) is 11.4 Å². The van der Waals surface area contributed by atoms with Gasteiger partial charge in [-0.05, 0) is 61.6 Å². The predicted octanol–water partition coefficient (Wildman–Crippen LogP) is 4.24. The van der Waals surface area contributed by atoms with Gasteiger partial charge in [-0.2, -0.15) is 0 Å². The molecular weight excluding hydrogens is 428 g/mol. The van der Waals surface area contributed by atoms with Gasteiger partial charge in [0.05, 0.1) is 0 Å². The first-order valence-electron chi connectivity index (χ1n) is 12.3. The SMILES string of the molecule is CCN(CC)CCC(=O)Nc1ccc2c(c1)C(=O)c1cc(NC(=O)CCN(CC)CC)ccc1-2. The molecule has 0 saturated heterocycles. The van der Waals surface area contributed by atoms with Crippen molar-refractivity contribution in [1.29, 1.82) is 0 Å². The zero-order valence-corrected chi connectivity index (χ0v) is 20.7. The van der Waals surface area contributed by atoms with Crippen LogP contribution in [0.2, 0.25) is 0 Å². The fraction of sp³-hybridized carbons (Fsp3) is 0.444. The van der Waals surface area contributed by atoms with Crippen molar-refractivity contribution >= 4 is 29.0 Å². The minimum Gasteiger partial charge on any atom is -0.326 e. The van der Waals surface area contributed by atoms with Crippen molar-refractivity contribution in [2.75, 3.05) is 49.9 Å². The molecule has 34 heavy (non-hydrogen) atoms. The molecule has 0 radical (unpaired) electrons. The van der Waals surface area contributed by atoms with Crippen LogP contribution in [0.1, 0.15) is 56.5 Å². The van der Waals surface area contributed by atoms with Crippen molar-refractivity contribution in [1.82, 2.24) is 9.80 Å². The second-order valence-corrected chi connectivity index (χ2v) is 8.50. The minimum absolute atomic E-state index is 0.0653. The highest BCUT2D eigenvalue weighted by Crippen LogP contribution is 2.39. The Balaban J connectivity index is 1.65. The van der Waals surface area contributed by atoms with Crippen molar-refractivity contribution < 1.29 is 14.4 Å². The molecule has 182 valence electrons. The Bertz CT molecular complexity index is 961. The lowest BCUT2D eigenvalue weighted by molar-refractivity contribution is -0.117. The van der Waals surface area contributed by atoms with E-state index in [1.807, 2.05) is 24.3 Å². The van der Waals surface area contributed by atoms with Gasteiger partial charge in [-0.3, -0.25) is 14.4 Å². The summed E-state index contributed by atoms with van der Waals surface area (Å²) in [5.41, 5.74) is 4.08. The van der Waals surface area contributed by atoms with Crippen molar-refractivity contribution in [3.05, 3.63) is 47.5 Å². The van der Waals surface area contributed by atoms with Crippen molar-refractivity contribution in [2.24, 2.45) is 0 Å². The van der Waals surface area contributed by atoms with E-state index in [1.54, 1.807) is 12.1 Å². The van der Waals surface area contributed by atoms with Gasteiger partial charge >= 0.3 is 0 Å². The molecule has 0 aliphatic heterocycles. The number of carbonyl (C=O) groups excluding carboxylic acids is 3. The van der Waals surface area contributed by atoms with Crippen LogP contribution in [0, 0.1) is 0 Å². The lowest BCUT2D eigenvalue weighted by Crippen LogP contribution is -2.27. The molecule has 0 saturated carbocycles. The third kappa shape index (κ3) is 6.10. The molecule has 0 fully saturated rings. The van der Waals surface area contributed by atoms with Crippen LogP contribution in [-0.4, -0.2) is 66.7 Å². The highest BCUT2D eigenvalue weighted by atomic mass is 16.2. The molecule has 0 aromatic heterocycles. The Morgan fingerprint density at radius 1 is 0.647 bits per heavy atom. The summed E-state index contributed by atoms with van der Waals surface area (Å²) in [5.74, 6) is -0.225. The van der Waals surface area contributed by atoms with Crippen molar-refractivity contribution in [3.63, 3.8) is 0 Å². The van der Waals surface area contributed by atoms with Crippen LogP contribution in [0.5, 0.6) is 0 Å². The van der Waals surface area contributed by atoms with Crippen LogP contribution in [-0.2, 0) is 9.59 Å². The summed E-state index contributed by atoms with van der Waals surface area (Å²) in [7, 11) is 0. The Kier molecular flexibility index (Phi) is 8.96. The molecule has 0 atom stereocenters. The van der Waals surface area contributed by atoms with Crippen molar-refractivity contribution in [3.8, 4) is 11.1 Å². The number of nitrogens with zero attached hydrogens (tertiary/aromatic N) is 2. The Morgan fingerprint density at radius 3 is 1.38 bits per heavy atom. The summed E-state index contributed by atoms with van der Waals surface area (Å²) >= 11 is 0. The van der Waals surface area contributed by atoms with Crippen LogP contribution in [0.3, 0.4) is 0 Å². The molecule has 7 heteroatoms. The van der Waals surface area contributed by atoms with Gasteiger partial charge in [0.2, 0.25) is 11.8 Å². The zero-order chi connectivity index (χ0) is 24.7. The van der Waals surface area contributed by atoms with E-state index < -0.39 is 0 Å². The van der Waals surface area contributed by atoms with Crippen LogP contribution in [0.15, 0.2) is 36.4 Å². The number of benzene rings is 2. The van der Waals surface area contributed by atoms with Crippen LogP contribution >= 0.6 is 0 Å². The van der Waals surface area contributed by atoms with E-state index >= 15 is 0 Å². The average molecular weight is 465 g/mol. The molecule has 0 unspecified atom stereocenters. The topological polar surface area (TPSA) is 81.8 Å². The first-order chi connectivity index (χ1) is 16.4. The summed E-state index contributed by atoms with van der Waals surface area (Å²) in [5, 5.41) is 5.83. The fourth-order valence-electron chi connectivity index (χ4n) is 4.28. The molecular formula is C27H36N4O3. The smallest absolute Gasteiger partial charge is 0.225 e. The van der Waals surface area contributed by atoms with Crippen LogP contribution < -0.4 is 10.6 Å².